The van der Waals surface area contributed by atoms with Crippen molar-refractivity contribution in [3.05, 3.63) is 59.4 Å². The summed E-state index contributed by atoms with van der Waals surface area (Å²) in [7, 11) is 1.71. The Morgan fingerprint density at radius 1 is 1.15 bits per heavy atom. The van der Waals surface area contributed by atoms with Crippen LogP contribution in [-0.2, 0) is 16.0 Å². The van der Waals surface area contributed by atoms with Gasteiger partial charge in [0.15, 0.2) is 5.75 Å². The van der Waals surface area contributed by atoms with Gasteiger partial charge >= 0.3 is 0 Å². The van der Waals surface area contributed by atoms with E-state index in [0.717, 1.165) is 53.4 Å². The number of fused-ring (bicyclic) bond motifs is 1. The SMILES string of the molecule is COCCCOc1cc2c(nc1C1=CCOCC1)/C(=N/Cc1ccccc1)CC(C(C)C)CO2. The van der Waals surface area contributed by atoms with E-state index in [2.05, 4.69) is 44.2 Å². The molecule has 0 saturated heterocycles. The Balaban J connectivity index is 1.73. The lowest BCUT2D eigenvalue weighted by Gasteiger charge is -2.19. The molecule has 3 heterocycles. The Morgan fingerprint density at radius 2 is 2.00 bits per heavy atom. The summed E-state index contributed by atoms with van der Waals surface area (Å²) >= 11 is 0. The van der Waals surface area contributed by atoms with E-state index in [1.165, 1.54) is 5.56 Å². The van der Waals surface area contributed by atoms with E-state index in [9.17, 15) is 0 Å². The van der Waals surface area contributed by atoms with Crippen molar-refractivity contribution in [1.82, 2.24) is 4.98 Å². The fourth-order valence-corrected chi connectivity index (χ4v) is 4.20. The summed E-state index contributed by atoms with van der Waals surface area (Å²) in [5.74, 6) is 2.38. The molecule has 2 aromatic rings. The number of rotatable bonds is 9. The van der Waals surface area contributed by atoms with Crippen molar-refractivity contribution in [2.75, 3.05) is 40.1 Å². The van der Waals surface area contributed by atoms with Gasteiger partial charge in [-0.1, -0.05) is 50.3 Å². The Labute approximate surface area is 203 Å². The van der Waals surface area contributed by atoms with Crippen molar-refractivity contribution in [3.63, 3.8) is 0 Å². The molecule has 6 nitrogen and oxygen atoms in total. The zero-order chi connectivity index (χ0) is 23.8. The fraction of sp³-hybridized carbons (Fsp3) is 0.500. The number of aromatic nitrogens is 1. The molecule has 0 aliphatic carbocycles. The minimum atomic E-state index is 0.376. The summed E-state index contributed by atoms with van der Waals surface area (Å²) in [6.45, 7) is 8.27. The first-order valence-corrected chi connectivity index (χ1v) is 12.3. The molecule has 0 spiro atoms. The second kappa shape index (κ2) is 12.1. The highest BCUT2D eigenvalue weighted by Gasteiger charge is 2.28. The molecule has 0 radical (unpaired) electrons. The summed E-state index contributed by atoms with van der Waals surface area (Å²) < 4.78 is 23.2. The fourth-order valence-electron chi connectivity index (χ4n) is 4.20. The molecule has 2 aliphatic rings. The van der Waals surface area contributed by atoms with E-state index in [-0.39, 0.29) is 0 Å². The monoisotopic (exact) mass is 464 g/mol. The Kier molecular flexibility index (Phi) is 8.72. The highest BCUT2D eigenvalue weighted by Crippen LogP contribution is 2.37. The molecule has 6 heteroatoms. The average molecular weight is 465 g/mol. The third-order valence-electron chi connectivity index (χ3n) is 6.39. The van der Waals surface area contributed by atoms with Crippen molar-refractivity contribution < 1.29 is 18.9 Å². The molecule has 182 valence electrons. The molecular weight excluding hydrogens is 428 g/mol. The number of nitrogens with zero attached hydrogens (tertiary/aromatic N) is 2. The van der Waals surface area contributed by atoms with E-state index < -0.39 is 0 Å². The summed E-state index contributed by atoms with van der Waals surface area (Å²) in [6, 6.07) is 12.4. The van der Waals surface area contributed by atoms with Crippen LogP contribution in [-0.4, -0.2) is 50.8 Å². The molecule has 0 bridgehead atoms. The van der Waals surface area contributed by atoms with Crippen molar-refractivity contribution in [2.24, 2.45) is 16.8 Å². The van der Waals surface area contributed by atoms with Crippen molar-refractivity contribution in [3.8, 4) is 11.5 Å². The van der Waals surface area contributed by atoms with Crippen molar-refractivity contribution >= 4 is 11.3 Å². The van der Waals surface area contributed by atoms with Crippen LogP contribution >= 0.6 is 0 Å². The summed E-state index contributed by atoms with van der Waals surface area (Å²) in [4.78, 5) is 10.2. The zero-order valence-corrected chi connectivity index (χ0v) is 20.6. The van der Waals surface area contributed by atoms with Gasteiger partial charge in [0.25, 0.3) is 0 Å². The number of hydrogen-bond donors (Lipinski definition) is 0. The van der Waals surface area contributed by atoms with Crippen LogP contribution in [0.3, 0.4) is 0 Å². The van der Waals surface area contributed by atoms with Gasteiger partial charge in [-0.2, -0.15) is 0 Å². The van der Waals surface area contributed by atoms with Crippen LogP contribution in [0.1, 0.15) is 50.1 Å². The van der Waals surface area contributed by atoms with Crippen LogP contribution in [0.5, 0.6) is 11.5 Å². The first-order valence-electron chi connectivity index (χ1n) is 12.3. The molecule has 2 aliphatic heterocycles. The number of pyridine rings is 1. The number of hydrogen-bond acceptors (Lipinski definition) is 6. The number of aliphatic imine (C=N–C) groups is 1. The predicted molar refractivity (Wildman–Crippen MR) is 135 cm³/mol. The number of ether oxygens (including phenoxy) is 4. The maximum absolute atomic E-state index is 6.32. The third kappa shape index (κ3) is 6.24. The molecule has 34 heavy (non-hydrogen) atoms. The molecule has 1 unspecified atom stereocenters. The van der Waals surface area contributed by atoms with Crippen molar-refractivity contribution in [2.45, 2.75) is 39.7 Å². The van der Waals surface area contributed by atoms with Gasteiger partial charge in [0.2, 0.25) is 0 Å². The van der Waals surface area contributed by atoms with Gasteiger partial charge in [-0.15, -0.1) is 0 Å². The second-order valence-corrected chi connectivity index (χ2v) is 9.20. The first-order chi connectivity index (χ1) is 16.7. The minimum Gasteiger partial charge on any atom is -0.491 e. The van der Waals surface area contributed by atoms with E-state index in [0.29, 0.717) is 51.4 Å². The van der Waals surface area contributed by atoms with Gasteiger partial charge in [0.05, 0.1) is 38.7 Å². The summed E-state index contributed by atoms with van der Waals surface area (Å²) in [5, 5.41) is 0. The van der Waals surface area contributed by atoms with E-state index in [1.807, 2.05) is 12.1 Å². The molecule has 0 N–H and O–H groups in total. The van der Waals surface area contributed by atoms with Gasteiger partial charge in [-0.05, 0) is 29.9 Å². The maximum atomic E-state index is 6.32. The highest BCUT2D eigenvalue weighted by molar-refractivity contribution is 6.02. The molecule has 1 aromatic heterocycles. The molecule has 4 rings (SSSR count). The summed E-state index contributed by atoms with van der Waals surface area (Å²) in [5.41, 5.74) is 5.07. The van der Waals surface area contributed by atoms with Crippen LogP contribution < -0.4 is 9.47 Å². The first kappa shape index (κ1) is 24.4. The van der Waals surface area contributed by atoms with Gasteiger partial charge in [-0.3, -0.25) is 4.99 Å². The van der Waals surface area contributed by atoms with E-state index in [4.69, 9.17) is 28.9 Å². The van der Waals surface area contributed by atoms with Gasteiger partial charge in [0.1, 0.15) is 17.1 Å². The van der Waals surface area contributed by atoms with Crippen LogP contribution in [0.15, 0.2) is 47.5 Å². The second-order valence-electron chi connectivity index (χ2n) is 9.20. The molecule has 0 saturated carbocycles. The quantitative estimate of drug-likeness (QED) is 0.469. The Bertz CT molecular complexity index is 1000. The molecule has 1 aromatic carbocycles. The lowest BCUT2D eigenvalue weighted by molar-refractivity contribution is 0.161. The Hall–Kier alpha value is -2.70. The van der Waals surface area contributed by atoms with Crippen LogP contribution in [0.4, 0.5) is 0 Å². The standard InChI is InChI=1S/C28H36N2O4/c1-20(2)23-16-24(29-18-21-8-5-4-6-9-21)28-26(34-19-23)17-25(33-13-7-12-31-3)27(30-28)22-10-14-32-15-11-22/h4-6,8-10,17,20,23H,7,11-16,18-19H2,1-3H3/b29-24+. The number of benzene rings is 1. The highest BCUT2D eigenvalue weighted by atomic mass is 16.5. The predicted octanol–water partition coefficient (Wildman–Crippen LogP) is 5.34. The number of methoxy groups -OCH3 is 1. The lowest BCUT2D eigenvalue weighted by Crippen LogP contribution is -2.18. The van der Waals surface area contributed by atoms with Crippen LogP contribution in [0.2, 0.25) is 0 Å². The largest absolute Gasteiger partial charge is 0.491 e. The zero-order valence-electron chi connectivity index (χ0n) is 20.6. The molecule has 0 amide bonds. The lowest BCUT2D eigenvalue weighted by atomic mass is 9.90. The van der Waals surface area contributed by atoms with Crippen LogP contribution in [0.25, 0.3) is 5.57 Å². The molecule has 0 fully saturated rings. The van der Waals surface area contributed by atoms with E-state index in [1.54, 1.807) is 7.11 Å². The maximum Gasteiger partial charge on any atom is 0.150 e. The molecular formula is C28H36N2O4. The Morgan fingerprint density at radius 3 is 2.74 bits per heavy atom. The smallest absolute Gasteiger partial charge is 0.150 e. The topological polar surface area (TPSA) is 62.2 Å². The van der Waals surface area contributed by atoms with Gasteiger partial charge < -0.3 is 18.9 Å². The summed E-state index contributed by atoms with van der Waals surface area (Å²) in [6.07, 6.45) is 4.58. The van der Waals surface area contributed by atoms with Crippen LogP contribution in [0, 0.1) is 11.8 Å². The van der Waals surface area contributed by atoms with Gasteiger partial charge in [-0.25, -0.2) is 4.98 Å². The normalized spacial score (nSPS) is 19.4. The minimum absolute atomic E-state index is 0.376. The molecule has 1 atom stereocenters. The van der Waals surface area contributed by atoms with Gasteiger partial charge in [0, 0.05) is 32.1 Å². The average Bonchev–Trinajstić information content (AvgIpc) is 3.05. The van der Waals surface area contributed by atoms with Crippen molar-refractivity contribution in [1.29, 1.82) is 0 Å². The van der Waals surface area contributed by atoms with E-state index >= 15 is 0 Å². The third-order valence-corrected chi connectivity index (χ3v) is 6.39.